The minimum absolute atomic E-state index is 0.235. The quantitative estimate of drug-likeness (QED) is 0.0600. The van der Waals surface area contributed by atoms with Crippen molar-refractivity contribution in [2.75, 3.05) is 14.2 Å². The molecule has 0 unspecified atom stereocenters. The number of hydrogen-bond acceptors (Lipinski definition) is 6. The van der Waals surface area contributed by atoms with Crippen molar-refractivity contribution in [2.45, 2.75) is 0 Å². The first-order chi connectivity index (χ1) is 19.9. The Morgan fingerprint density at radius 3 is 2.51 bits per heavy atom. The number of carbonyl (C=O) groups excluding carboxylic acids is 2. The van der Waals surface area contributed by atoms with Crippen LogP contribution in [0.25, 0.3) is 22.0 Å². The summed E-state index contributed by atoms with van der Waals surface area (Å²) in [7, 11) is 2.99. The number of para-hydroxylation sites is 1. The summed E-state index contributed by atoms with van der Waals surface area (Å²) in [6, 6.07) is 24.8. The lowest BCUT2D eigenvalue weighted by Crippen LogP contribution is -2.19. The molecule has 8 nitrogen and oxygen atoms in total. The maximum absolute atomic E-state index is 13.3. The number of hydrazone groups is 1. The molecule has 0 radical (unpaired) electrons. The predicted octanol–water partition coefficient (Wildman–Crippen LogP) is 7.09. The molecule has 0 aliphatic carbocycles. The Labute approximate surface area is 254 Å². The first kappa shape index (κ1) is 28.2. The molecule has 5 aromatic rings. The summed E-state index contributed by atoms with van der Waals surface area (Å²) in [5.41, 5.74) is 6.14. The van der Waals surface area contributed by atoms with Gasteiger partial charge in [-0.15, -0.1) is 0 Å². The molecule has 4 aromatic carbocycles. The van der Waals surface area contributed by atoms with Gasteiger partial charge in [-0.1, -0.05) is 48.0 Å². The Kier molecular flexibility index (Phi) is 8.55. The number of halogens is 2. The van der Waals surface area contributed by atoms with E-state index in [1.807, 2.05) is 36.4 Å². The van der Waals surface area contributed by atoms with Crippen LogP contribution in [0.5, 0.6) is 17.2 Å². The Balaban J connectivity index is 1.36. The molecular formula is C31H23ClIN3O5. The maximum Gasteiger partial charge on any atom is 0.343 e. The zero-order chi connectivity index (χ0) is 28.9. The molecule has 0 atom stereocenters. The normalized spacial score (nSPS) is 11.0. The number of methoxy groups -OCH3 is 2. The first-order valence-electron chi connectivity index (χ1n) is 12.3. The van der Waals surface area contributed by atoms with Crippen LogP contribution in [-0.2, 0) is 0 Å². The highest BCUT2D eigenvalue weighted by Crippen LogP contribution is 2.38. The molecule has 0 saturated heterocycles. The van der Waals surface area contributed by atoms with Crippen LogP contribution in [0.2, 0.25) is 5.02 Å². The van der Waals surface area contributed by atoms with Gasteiger partial charge in [-0.25, -0.2) is 10.2 Å². The molecule has 0 aliphatic rings. The first-order valence-corrected chi connectivity index (χ1v) is 13.8. The van der Waals surface area contributed by atoms with Crippen LogP contribution in [0.4, 0.5) is 0 Å². The van der Waals surface area contributed by atoms with Gasteiger partial charge in [-0.05, 0) is 76.7 Å². The number of benzene rings is 4. The Morgan fingerprint density at radius 2 is 1.73 bits per heavy atom. The van der Waals surface area contributed by atoms with Crippen molar-refractivity contribution in [1.82, 2.24) is 10.4 Å². The summed E-state index contributed by atoms with van der Waals surface area (Å²) in [6.45, 7) is 0. The van der Waals surface area contributed by atoms with E-state index in [-0.39, 0.29) is 5.75 Å². The highest BCUT2D eigenvalue weighted by atomic mass is 127. The van der Waals surface area contributed by atoms with E-state index in [1.165, 1.54) is 20.4 Å². The Bertz CT molecular complexity index is 1800. The molecule has 0 spiro atoms. The van der Waals surface area contributed by atoms with Crippen molar-refractivity contribution in [3.8, 4) is 28.4 Å². The van der Waals surface area contributed by atoms with Crippen LogP contribution in [0.15, 0.2) is 90.0 Å². The smallest absolute Gasteiger partial charge is 0.343 e. The van der Waals surface area contributed by atoms with Crippen molar-refractivity contribution in [3.05, 3.63) is 110 Å². The monoisotopic (exact) mass is 679 g/mol. The lowest BCUT2D eigenvalue weighted by atomic mass is 10.0. The van der Waals surface area contributed by atoms with Crippen molar-refractivity contribution in [3.63, 3.8) is 0 Å². The SMILES string of the molecule is COc1cccc(C(=O)Oc2ccc(C=NNC(=O)c3[nH]c4c(I)cccc4c3-c3ccccc3Cl)cc2OC)c1. The molecule has 0 fully saturated rings. The number of nitrogens with one attached hydrogen (secondary N) is 2. The van der Waals surface area contributed by atoms with Gasteiger partial charge in [-0.2, -0.15) is 5.10 Å². The molecular weight excluding hydrogens is 657 g/mol. The summed E-state index contributed by atoms with van der Waals surface area (Å²) in [5, 5.41) is 5.55. The van der Waals surface area contributed by atoms with Gasteiger partial charge in [0.05, 0.1) is 31.5 Å². The Hall–Kier alpha value is -4.35. The minimum Gasteiger partial charge on any atom is -0.497 e. The molecule has 5 rings (SSSR count). The number of aromatic amines is 1. The van der Waals surface area contributed by atoms with Gasteiger partial charge in [0.1, 0.15) is 11.4 Å². The summed E-state index contributed by atoms with van der Waals surface area (Å²) >= 11 is 8.74. The van der Waals surface area contributed by atoms with Gasteiger partial charge in [0.25, 0.3) is 5.91 Å². The number of aromatic nitrogens is 1. The highest BCUT2D eigenvalue weighted by Gasteiger charge is 2.21. The van der Waals surface area contributed by atoms with E-state index in [0.29, 0.717) is 38.9 Å². The van der Waals surface area contributed by atoms with Crippen LogP contribution in [0.1, 0.15) is 26.4 Å². The lowest BCUT2D eigenvalue weighted by Gasteiger charge is -2.10. The van der Waals surface area contributed by atoms with Crippen LogP contribution >= 0.6 is 34.2 Å². The van der Waals surface area contributed by atoms with Gasteiger partial charge in [0, 0.05) is 25.1 Å². The second-order valence-corrected chi connectivity index (χ2v) is 10.3. The minimum atomic E-state index is -0.557. The van der Waals surface area contributed by atoms with Gasteiger partial charge < -0.3 is 19.2 Å². The van der Waals surface area contributed by atoms with Crippen molar-refractivity contribution in [1.29, 1.82) is 0 Å². The fourth-order valence-electron chi connectivity index (χ4n) is 4.27. The average molecular weight is 680 g/mol. The van der Waals surface area contributed by atoms with Crippen molar-refractivity contribution >= 4 is 63.2 Å². The van der Waals surface area contributed by atoms with Crippen molar-refractivity contribution in [2.24, 2.45) is 5.10 Å². The summed E-state index contributed by atoms with van der Waals surface area (Å²) in [6.07, 6.45) is 1.47. The molecule has 1 heterocycles. The third-order valence-electron chi connectivity index (χ3n) is 6.23. The molecule has 0 saturated carbocycles. The van der Waals surface area contributed by atoms with E-state index in [9.17, 15) is 9.59 Å². The number of ether oxygens (including phenoxy) is 3. The second-order valence-electron chi connectivity index (χ2n) is 8.75. The van der Waals surface area contributed by atoms with Crippen LogP contribution < -0.4 is 19.6 Å². The summed E-state index contributed by atoms with van der Waals surface area (Å²) < 4.78 is 17.1. The molecule has 206 valence electrons. The van der Waals surface area contributed by atoms with Crippen LogP contribution in [-0.4, -0.2) is 37.3 Å². The topological polar surface area (TPSA) is 102 Å². The van der Waals surface area contributed by atoms with Crippen LogP contribution in [0.3, 0.4) is 0 Å². The zero-order valence-electron chi connectivity index (χ0n) is 21.9. The van der Waals surface area contributed by atoms with Crippen LogP contribution in [0, 0.1) is 3.57 Å². The van der Waals surface area contributed by atoms with Gasteiger partial charge in [-0.3, -0.25) is 4.79 Å². The Morgan fingerprint density at radius 1 is 0.927 bits per heavy atom. The predicted molar refractivity (Wildman–Crippen MR) is 167 cm³/mol. The molecule has 1 aromatic heterocycles. The fraction of sp³-hybridized carbons (Fsp3) is 0.0645. The maximum atomic E-state index is 13.3. The van der Waals surface area contributed by atoms with E-state index >= 15 is 0 Å². The second kappa shape index (κ2) is 12.4. The molecule has 1 amide bonds. The number of rotatable bonds is 8. The largest absolute Gasteiger partial charge is 0.497 e. The van der Waals surface area contributed by atoms with E-state index in [0.717, 1.165) is 20.0 Å². The number of hydrogen-bond donors (Lipinski definition) is 2. The molecule has 2 N–H and O–H groups in total. The van der Waals surface area contributed by atoms with Gasteiger partial charge >= 0.3 is 5.97 Å². The van der Waals surface area contributed by atoms with Crippen molar-refractivity contribution < 1.29 is 23.8 Å². The molecule has 10 heteroatoms. The number of amides is 1. The number of esters is 1. The number of fused-ring (bicyclic) bond motifs is 1. The molecule has 0 bridgehead atoms. The van der Waals surface area contributed by atoms with E-state index < -0.39 is 11.9 Å². The summed E-state index contributed by atoms with van der Waals surface area (Å²) in [4.78, 5) is 29.2. The summed E-state index contributed by atoms with van der Waals surface area (Å²) in [5.74, 6) is 0.111. The lowest BCUT2D eigenvalue weighted by molar-refractivity contribution is 0.0729. The van der Waals surface area contributed by atoms with Gasteiger partial charge in [0.15, 0.2) is 11.5 Å². The third-order valence-corrected chi connectivity index (χ3v) is 7.46. The third kappa shape index (κ3) is 6.06. The molecule has 41 heavy (non-hydrogen) atoms. The number of H-pyrrole nitrogens is 1. The standard InChI is InChI=1S/C31H23ClIN3O5/c1-39-20-8-5-7-19(16-20)31(38)41-25-14-13-18(15-26(25)40-2)17-34-36-30(37)29-27(21-9-3-4-11-23(21)32)22-10-6-12-24(33)28(22)35-29/h3-17,35H,1-2H3,(H,36,37). The van der Waals surface area contributed by atoms with E-state index in [2.05, 4.69) is 38.1 Å². The van der Waals surface area contributed by atoms with E-state index in [4.69, 9.17) is 25.8 Å². The highest BCUT2D eigenvalue weighted by molar-refractivity contribution is 14.1. The number of nitrogens with zero attached hydrogens (tertiary/aromatic N) is 1. The fourth-order valence-corrected chi connectivity index (χ4v) is 5.14. The zero-order valence-corrected chi connectivity index (χ0v) is 24.8. The average Bonchev–Trinajstić information content (AvgIpc) is 3.39. The number of carbonyl (C=O) groups is 2. The van der Waals surface area contributed by atoms with E-state index in [1.54, 1.807) is 48.5 Å². The van der Waals surface area contributed by atoms with Gasteiger partial charge in [0.2, 0.25) is 0 Å². The molecule has 0 aliphatic heterocycles.